The van der Waals surface area contributed by atoms with Crippen LogP contribution in [0.3, 0.4) is 0 Å². The predicted octanol–water partition coefficient (Wildman–Crippen LogP) is 9.78. The number of benzene rings is 4. The quantitative estimate of drug-likeness (QED) is 0.126. The zero-order valence-corrected chi connectivity index (χ0v) is 33.9. The van der Waals surface area contributed by atoms with Gasteiger partial charge in [0.15, 0.2) is 12.7 Å². The molecule has 0 aromatic heterocycles. The van der Waals surface area contributed by atoms with E-state index in [-0.39, 0.29) is 25.5 Å². The van der Waals surface area contributed by atoms with Gasteiger partial charge in [-0.15, -0.1) is 0 Å². The smallest absolute Gasteiger partial charge is 0.414 e. The van der Waals surface area contributed by atoms with Gasteiger partial charge in [0.1, 0.15) is 28.7 Å². The molecule has 2 amide bonds. The van der Waals surface area contributed by atoms with Crippen molar-refractivity contribution in [2.24, 2.45) is 17.8 Å². The molecule has 4 aliphatic rings. The molecule has 1 atom stereocenters. The van der Waals surface area contributed by atoms with Crippen molar-refractivity contribution >= 4 is 29.3 Å². The molecule has 4 bridgehead atoms. The third-order valence-electron chi connectivity index (χ3n) is 11.6. The summed E-state index contributed by atoms with van der Waals surface area (Å²) in [4.78, 5) is 40.2. The van der Waals surface area contributed by atoms with Gasteiger partial charge in [-0.05, 0) is 148 Å². The number of carbonyl (C=O) groups is 3. The zero-order valence-electron chi connectivity index (χ0n) is 33.9. The van der Waals surface area contributed by atoms with Gasteiger partial charge in [0.05, 0.1) is 25.1 Å². The minimum Gasteiger partial charge on any atom is -0.484 e. The van der Waals surface area contributed by atoms with Crippen molar-refractivity contribution < 1.29 is 42.5 Å². The SMILES string of the molecule is COC(=O)C(Cc1ccc(OCC(=O)Nc2ccc(Oc3ccc(C45CC6CC(CC(C6)C4)C5)cc3)cc2N(C)C(=O)OC(C)(C)C)cc1)OCc1ccc(F)cc1. The number of esters is 1. The summed E-state index contributed by atoms with van der Waals surface area (Å²) in [5.74, 6) is 2.88. The Morgan fingerprint density at radius 3 is 2.00 bits per heavy atom. The molecule has 4 aromatic rings. The number of ether oxygens (including phenoxy) is 5. The molecule has 10 nitrogen and oxygen atoms in total. The average Bonchev–Trinajstić information content (AvgIpc) is 3.19. The lowest BCUT2D eigenvalue weighted by Gasteiger charge is -2.57. The maximum Gasteiger partial charge on any atom is 0.414 e. The number of nitrogens with one attached hydrogen (secondary N) is 1. The molecular weight excluding hydrogens is 740 g/mol. The van der Waals surface area contributed by atoms with Gasteiger partial charge in [-0.25, -0.2) is 14.0 Å². The lowest BCUT2D eigenvalue weighted by Crippen LogP contribution is -2.48. The van der Waals surface area contributed by atoms with Crippen LogP contribution in [0, 0.1) is 23.6 Å². The molecule has 306 valence electrons. The van der Waals surface area contributed by atoms with E-state index in [1.807, 2.05) is 12.1 Å². The van der Waals surface area contributed by atoms with Crippen LogP contribution in [0.2, 0.25) is 0 Å². The van der Waals surface area contributed by atoms with Crippen LogP contribution in [0.5, 0.6) is 17.2 Å². The first kappa shape index (κ1) is 40.8. The Morgan fingerprint density at radius 2 is 1.40 bits per heavy atom. The van der Waals surface area contributed by atoms with E-state index in [2.05, 4.69) is 17.4 Å². The van der Waals surface area contributed by atoms with Gasteiger partial charge >= 0.3 is 12.1 Å². The van der Waals surface area contributed by atoms with Crippen molar-refractivity contribution in [3.63, 3.8) is 0 Å². The van der Waals surface area contributed by atoms with E-state index in [0.29, 0.717) is 34.0 Å². The van der Waals surface area contributed by atoms with Crippen LogP contribution in [-0.2, 0) is 42.2 Å². The fourth-order valence-corrected chi connectivity index (χ4v) is 9.25. The summed E-state index contributed by atoms with van der Waals surface area (Å²) in [6.45, 7) is 5.17. The number of anilines is 2. The van der Waals surface area contributed by atoms with E-state index < -0.39 is 29.7 Å². The summed E-state index contributed by atoms with van der Waals surface area (Å²) < 4.78 is 41.8. The molecule has 0 radical (unpaired) electrons. The monoisotopic (exact) mass is 792 g/mol. The van der Waals surface area contributed by atoms with Gasteiger partial charge in [-0.1, -0.05) is 36.4 Å². The van der Waals surface area contributed by atoms with Crippen molar-refractivity contribution in [3.05, 3.63) is 114 Å². The van der Waals surface area contributed by atoms with Crippen LogP contribution in [0.25, 0.3) is 0 Å². The second-order valence-corrected chi connectivity index (χ2v) is 17.2. The third-order valence-corrected chi connectivity index (χ3v) is 11.6. The van der Waals surface area contributed by atoms with E-state index in [0.717, 1.165) is 28.9 Å². The number of halogens is 1. The highest BCUT2D eigenvalue weighted by molar-refractivity contribution is 5.99. The molecule has 11 heteroatoms. The first-order valence-electron chi connectivity index (χ1n) is 20.1. The lowest BCUT2D eigenvalue weighted by atomic mass is 9.48. The molecule has 58 heavy (non-hydrogen) atoms. The van der Waals surface area contributed by atoms with Crippen molar-refractivity contribution in [2.45, 2.75) is 89.4 Å². The second-order valence-electron chi connectivity index (χ2n) is 17.2. The number of hydrogen-bond donors (Lipinski definition) is 1. The number of rotatable bonds is 14. The number of nitrogens with zero attached hydrogens (tertiary/aromatic N) is 1. The Balaban J connectivity index is 0.984. The molecule has 4 aliphatic carbocycles. The van der Waals surface area contributed by atoms with Crippen molar-refractivity contribution in [2.75, 3.05) is 31.0 Å². The fraction of sp³-hybridized carbons (Fsp3) is 0.426. The molecule has 8 rings (SSSR count). The summed E-state index contributed by atoms with van der Waals surface area (Å²) in [6, 6.07) is 26.5. The summed E-state index contributed by atoms with van der Waals surface area (Å²) in [7, 11) is 2.87. The molecule has 0 spiro atoms. The largest absolute Gasteiger partial charge is 0.484 e. The summed E-state index contributed by atoms with van der Waals surface area (Å²) in [5, 5.41) is 2.87. The Kier molecular flexibility index (Phi) is 12.1. The van der Waals surface area contributed by atoms with Crippen LogP contribution >= 0.6 is 0 Å². The van der Waals surface area contributed by atoms with Gasteiger partial charge in [0, 0.05) is 19.5 Å². The Hall–Kier alpha value is -5.42. The first-order valence-corrected chi connectivity index (χ1v) is 20.1. The van der Waals surface area contributed by atoms with E-state index in [1.165, 1.54) is 68.2 Å². The molecule has 4 fully saturated rings. The van der Waals surface area contributed by atoms with Crippen molar-refractivity contribution in [1.29, 1.82) is 0 Å². The highest BCUT2D eigenvalue weighted by Gasteiger charge is 2.51. The molecule has 0 saturated heterocycles. The van der Waals surface area contributed by atoms with E-state index in [4.69, 9.17) is 23.7 Å². The average molecular weight is 793 g/mol. The molecule has 1 N–H and O–H groups in total. The molecule has 0 heterocycles. The van der Waals surface area contributed by atoms with Crippen molar-refractivity contribution in [1.82, 2.24) is 0 Å². The van der Waals surface area contributed by atoms with Crippen LogP contribution in [0.4, 0.5) is 20.6 Å². The summed E-state index contributed by atoms with van der Waals surface area (Å²) >= 11 is 0. The molecule has 0 aliphatic heterocycles. The van der Waals surface area contributed by atoms with Crippen molar-refractivity contribution in [3.8, 4) is 17.2 Å². The highest BCUT2D eigenvalue weighted by Crippen LogP contribution is 2.60. The van der Waals surface area contributed by atoms with E-state index in [1.54, 1.807) is 82.4 Å². The molecule has 1 unspecified atom stereocenters. The van der Waals surface area contributed by atoms with Crippen LogP contribution in [-0.4, -0.2) is 50.4 Å². The number of methoxy groups -OCH3 is 1. The number of hydrogen-bond acceptors (Lipinski definition) is 8. The second kappa shape index (κ2) is 17.2. The van der Waals surface area contributed by atoms with Gasteiger partial charge in [0.25, 0.3) is 5.91 Å². The fourth-order valence-electron chi connectivity index (χ4n) is 9.25. The molecule has 4 saturated carbocycles. The van der Waals surface area contributed by atoms with Crippen LogP contribution < -0.4 is 19.7 Å². The van der Waals surface area contributed by atoms with Gasteiger partial charge < -0.3 is 29.0 Å². The summed E-state index contributed by atoms with van der Waals surface area (Å²) in [6.07, 6.45) is 6.84. The first-order chi connectivity index (χ1) is 27.7. The van der Waals surface area contributed by atoms with Gasteiger partial charge in [-0.2, -0.15) is 0 Å². The van der Waals surface area contributed by atoms with E-state index in [9.17, 15) is 18.8 Å². The standard InChI is InChI=1S/C47H53FN2O8/c1-46(2,3)58-45(53)50(4)41-24-39(57-38-16-10-35(11-17-38)47-25-32-20-33(26-47)22-34(21-32)27-47)18-19-40(41)49-43(51)29-55-37-14-8-30(9-15-37)23-42(44(52)54-5)56-28-31-6-12-36(48)13-7-31/h6-19,24,32-34,42H,20-23,25-29H2,1-5H3,(H,49,51). The lowest BCUT2D eigenvalue weighted by molar-refractivity contribution is -0.154. The Bertz CT molecular complexity index is 2040. The minimum atomic E-state index is -0.880. The van der Waals surface area contributed by atoms with Gasteiger partial charge in [0.2, 0.25) is 0 Å². The Morgan fingerprint density at radius 1 is 0.810 bits per heavy atom. The molecular formula is C47H53FN2O8. The van der Waals surface area contributed by atoms with Gasteiger partial charge in [-0.3, -0.25) is 9.69 Å². The minimum absolute atomic E-state index is 0.108. The predicted molar refractivity (Wildman–Crippen MR) is 219 cm³/mol. The van der Waals surface area contributed by atoms with E-state index >= 15 is 0 Å². The maximum atomic E-state index is 13.3. The zero-order chi connectivity index (χ0) is 41.0. The maximum absolute atomic E-state index is 13.3. The number of amides is 2. The van der Waals surface area contributed by atoms with Crippen LogP contribution in [0.15, 0.2) is 91.0 Å². The normalized spacial score (nSPS) is 21.2. The topological polar surface area (TPSA) is 113 Å². The molecule has 4 aromatic carbocycles. The third kappa shape index (κ3) is 9.99. The summed E-state index contributed by atoms with van der Waals surface area (Å²) in [5.41, 5.74) is 3.23. The highest BCUT2D eigenvalue weighted by atomic mass is 19.1. The Labute approximate surface area is 340 Å². The van der Waals surface area contributed by atoms with Crippen LogP contribution in [0.1, 0.15) is 76.0 Å². The number of carbonyl (C=O) groups excluding carboxylic acids is 3.